The van der Waals surface area contributed by atoms with Gasteiger partial charge in [0.05, 0.1) is 7.11 Å². The van der Waals surface area contributed by atoms with Gasteiger partial charge >= 0.3 is 0 Å². The van der Waals surface area contributed by atoms with Crippen LogP contribution in [0.1, 0.15) is 26.3 Å². The average Bonchev–Trinajstić information content (AvgIpc) is 2.70. The first-order valence-electron chi connectivity index (χ1n) is 7.29. The Balaban J connectivity index is 2.66. The number of rotatable bonds is 3. The number of nitrogens with zero attached hydrogens (tertiary/aromatic N) is 2. The molecule has 22 heavy (non-hydrogen) atoms. The van der Waals surface area contributed by atoms with Gasteiger partial charge in [-0.15, -0.1) is 0 Å². The fourth-order valence-electron chi connectivity index (χ4n) is 2.43. The van der Waals surface area contributed by atoms with Crippen molar-refractivity contribution in [1.82, 2.24) is 0 Å². The van der Waals surface area contributed by atoms with Gasteiger partial charge in [0.25, 0.3) is 5.91 Å². The molecule has 0 saturated heterocycles. The number of hydrogen-bond donors (Lipinski definition) is 0. The first-order chi connectivity index (χ1) is 10.1. The first kappa shape index (κ1) is 16.5. The third-order valence-corrected chi connectivity index (χ3v) is 9.92. The summed E-state index contributed by atoms with van der Waals surface area (Å²) in [5.74, 6) is 0.615. The predicted molar refractivity (Wildman–Crippen MR) is 91.2 cm³/mol. The summed E-state index contributed by atoms with van der Waals surface area (Å²) < 4.78 is 7.22. The lowest BCUT2D eigenvalue weighted by Crippen LogP contribution is -2.57. The molecular formula is C16H24N2O3Si. The molecule has 0 spiro atoms. The van der Waals surface area contributed by atoms with Crippen LogP contribution in [0.3, 0.4) is 0 Å². The highest BCUT2D eigenvalue weighted by atomic mass is 28.3. The number of carbonyl (C=O) groups is 1. The van der Waals surface area contributed by atoms with Crippen LogP contribution in [0, 0.1) is 0 Å². The molecule has 1 amide bonds. The zero-order chi connectivity index (χ0) is 16.7. The number of hydrogen-bond acceptors (Lipinski definition) is 4. The van der Waals surface area contributed by atoms with E-state index in [0.29, 0.717) is 11.5 Å². The maximum absolute atomic E-state index is 13.0. The van der Waals surface area contributed by atoms with Gasteiger partial charge in [-0.1, -0.05) is 39.0 Å². The van der Waals surface area contributed by atoms with Crippen molar-refractivity contribution in [3.8, 4) is 5.75 Å². The standard InChI is InChI=1S/C16H24N2O3Si/c1-16(2,3)22(6,7)18-13-9-8-11(20-4)10-12(13)14(15(18)19)17-21-5/h8-10H,1-7H3/b17-14+. The fourth-order valence-corrected chi connectivity index (χ4v) is 4.51. The Morgan fingerprint density at radius 1 is 1.18 bits per heavy atom. The van der Waals surface area contributed by atoms with Gasteiger partial charge in [0, 0.05) is 11.3 Å². The summed E-state index contributed by atoms with van der Waals surface area (Å²) in [6.45, 7) is 11.0. The molecule has 0 unspecified atom stereocenters. The molecule has 0 bridgehead atoms. The van der Waals surface area contributed by atoms with Crippen LogP contribution in [0.4, 0.5) is 5.69 Å². The molecule has 0 saturated carbocycles. The van der Waals surface area contributed by atoms with Crippen molar-refractivity contribution in [3.63, 3.8) is 0 Å². The number of anilines is 1. The molecule has 6 heteroatoms. The van der Waals surface area contributed by atoms with Gasteiger partial charge in [0.15, 0.2) is 13.9 Å². The Bertz CT molecular complexity index is 633. The monoisotopic (exact) mass is 320 g/mol. The van der Waals surface area contributed by atoms with E-state index in [-0.39, 0.29) is 10.9 Å². The molecule has 120 valence electrons. The minimum Gasteiger partial charge on any atom is -0.497 e. The van der Waals surface area contributed by atoms with Crippen LogP contribution < -0.4 is 9.30 Å². The highest BCUT2D eigenvalue weighted by Crippen LogP contribution is 2.44. The molecule has 1 aromatic rings. The Labute approximate surface area is 133 Å². The van der Waals surface area contributed by atoms with E-state index in [9.17, 15) is 4.79 Å². The maximum Gasteiger partial charge on any atom is 0.273 e. The van der Waals surface area contributed by atoms with Gasteiger partial charge < -0.3 is 14.1 Å². The second-order valence-corrected chi connectivity index (χ2v) is 12.0. The van der Waals surface area contributed by atoms with E-state index in [1.165, 1.54) is 7.11 Å². The van der Waals surface area contributed by atoms with E-state index < -0.39 is 8.24 Å². The van der Waals surface area contributed by atoms with Crippen molar-refractivity contribution in [2.75, 3.05) is 18.8 Å². The molecular weight excluding hydrogens is 296 g/mol. The van der Waals surface area contributed by atoms with Crippen LogP contribution in [0.2, 0.25) is 18.1 Å². The van der Waals surface area contributed by atoms with E-state index in [1.807, 2.05) is 22.8 Å². The van der Waals surface area contributed by atoms with Crippen LogP contribution in [-0.2, 0) is 9.63 Å². The topological polar surface area (TPSA) is 51.1 Å². The van der Waals surface area contributed by atoms with Crippen molar-refractivity contribution in [3.05, 3.63) is 23.8 Å². The number of amides is 1. The van der Waals surface area contributed by atoms with Gasteiger partial charge in [0.1, 0.15) is 12.9 Å². The third-order valence-electron chi connectivity index (χ3n) is 4.68. The number of ether oxygens (including phenoxy) is 1. The van der Waals surface area contributed by atoms with Crippen molar-refractivity contribution < 1.29 is 14.4 Å². The molecule has 0 aliphatic carbocycles. The Morgan fingerprint density at radius 2 is 1.82 bits per heavy atom. The summed E-state index contributed by atoms with van der Waals surface area (Å²) in [6, 6.07) is 5.66. The maximum atomic E-state index is 13.0. The summed E-state index contributed by atoms with van der Waals surface area (Å²) in [7, 11) is 0.984. The molecule has 1 aliphatic heterocycles. The number of benzene rings is 1. The molecule has 0 radical (unpaired) electrons. The van der Waals surface area contributed by atoms with E-state index >= 15 is 0 Å². The summed E-state index contributed by atoms with van der Waals surface area (Å²) in [5.41, 5.74) is 2.02. The van der Waals surface area contributed by atoms with Crippen LogP contribution in [0.25, 0.3) is 0 Å². The van der Waals surface area contributed by atoms with E-state index in [2.05, 4.69) is 39.0 Å². The van der Waals surface area contributed by atoms with Crippen LogP contribution >= 0.6 is 0 Å². The highest BCUT2D eigenvalue weighted by Gasteiger charge is 2.49. The third kappa shape index (κ3) is 2.41. The molecule has 1 aliphatic rings. The fraction of sp³-hybridized carbons (Fsp3) is 0.500. The minimum atomic E-state index is -2.08. The van der Waals surface area contributed by atoms with E-state index in [1.54, 1.807) is 7.11 Å². The number of methoxy groups -OCH3 is 1. The molecule has 0 aromatic heterocycles. The largest absolute Gasteiger partial charge is 0.497 e. The van der Waals surface area contributed by atoms with Gasteiger partial charge in [-0.3, -0.25) is 4.79 Å². The summed E-state index contributed by atoms with van der Waals surface area (Å²) in [4.78, 5) is 17.8. The molecule has 5 nitrogen and oxygen atoms in total. The second-order valence-electron chi connectivity index (χ2n) is 6.96. The predicted octanol–water partition coefficient (Wildman–Crippen LogP) is 3.40. The zero-order valence-corrected chi connectivity index (χ0v) is 15.4. The van der Waals surface area contributed by atoms with Crippen LogP contribution in [0.5, 0.6) is 5.75 Å². The Hall–Kier alpha value is -1.82. The van der Waals surface area contributed by atoms with Gasteiger partial charge in [-0.2, -0.15) is 0 Å². The lowest BCUT2D eigenvalue weighted by Gasteiger charge is -2.43. The number of fused-ring (bicyclic) bond motifs is 1. The smallest absolute Gasteiger partial charge is 0.273 e. The lowest BCUT2D eigenvalue weighted by molar-refractivity contribution is -0.111. The molecule has 0 N–H and O–H groups in total. The molecule has 1 aromatic carbocycles. The first-order valence-corrected chi connectivity index (χ1v) is 10.2. The van der Waals surface area contributed by atoms with Crippen molar-refractivity contribution in [2.24, 2.45) is 5.16 Å². The summed E-state index contributed by atoms with van der Waals surface area (Å²) in [6.07, 6.45) is 0. The Kier molecular flexibility index (Phi) is 4.08. The quantitative estimate of drug-likeness (QED) is 0.633. The number of carbonyl (C=O) groups excluding carboxylic acids is 1. The zero-order valence-electron chi connectivity index (χ0n) is 14.4. The minimum absolute atomic E-state index is 0.0301. The molecule has 0 atom stereocenters. The number of oxime groups is 1. The summed E-state index contributed by atoms with van der Waals surface area (Å²) >= 11 is 0. The normalized spacial score (nSPS) is 17.0. The van der Waals surface area contributed by atoms with E-state index in [0.717, 1.165) is 11.3 Å². The van der Waals surface area contributed by atoms with Gasteiger partial charge in [0.2, 0.25) is 0 Å². The second kappa shape index (κ2) is 5.42. The van der Waals surface area contributed by atoms with Crippen molar-refractivity contribution in [2.45, 2.75) is 38.9 Å². The lowest BCUT2D eigenvalue weighted by atomic mass is 10.1. The van der Waals surface area contributed by atoms with Gasteiger partial charge in [-0.05, 0) is 23.2 Å². The van der Waals surface area contributed by atoms with Crippen molar-refractivity contribution in [1.29, 1.82) is 0 Å². The molecule has 2 rings (SSSR count). The van der Waals surface area contributed by atoms with Crippen LogP contribution in [0.15, 0.2) is 23.4 Å². The molecule has 1 heterocycles. The summed E-state index contributed by atoms with van der Waals surface area (Å²) in [5, 5.41) is 3.99. The van der Waals surface area contributed by atoms with Crippen molar-refractivity contribution >= 4 is 25.5 Å². The highest BCUT2D eigenvalue weighted by molar-refractivity contribution is 6.90. The van der Waals surface area contributed by atoms with Crippen LogP contribution in [-0.4, -0.2) is 34.1 Å². The average molecular weight is 320 g/mol. The Morgan fingerprint density at radius 3 is 2.32 bits per heavy atom. The molecule has 0 fully saturated rings. The van der Waals surface area contributed by atoms with Gasteiger partial charge in [-0.25, -0.2) is 0 Å². The van der Waals surface area contributed by atoms with E-state index in [4.69, 9.17) is 9.57 Å². The SMILES string of the molecule is CO/N=C1/C(=O)N([Si](C)(C)C(C)(C)C)c2ccc(OC)cc21.